The summed E-state index contributed by atoms with van der Waals surface area (Å²) in [5.74, 6) is 1.55. The number of hydrogen-bond acceptors (Lipinski definition) is 4. The molecular formula is C22H20BrN3OS. The average molecular weight is 454 g/mol. The fraction of sp³-hybridized carbons (Fsp3) is 0.0909. The molecule has 2 N–H and O–H groups in total. The Morgan fingerprint density at radius 2 is 1.75 bits per heavy atom. The fourth-order valence-corrected chi connectivity index (χ4v) is 3.22. The molecule has 0 saturated heterocycles. The van der Waals surface area contributed by atoms with E-state index in [1.807, 2.05) is 66.7 Å². The van der Waals surface area contributed by atoms with Crippen molar-refractivity contribution in [2.45, 2.75) is 12.4 Å². The Balaban J connectivity index is 1.52. The minimum atomic E-state index is 0.433. The van der Waals surface area contributed by atoms with Gasteiger partial charge in [-0.1, -0.05) is 82.3 Å². The van der Waals surface area contributed by atoms with Gasteiger partial charge in [0.15, 0.2) is 5.17 Å². The topological polar surface area (TPSA) is 60.0 Å². The number of nitrogens with two attached hydrogens (primary N) is 1. The molecule has 3 rings (SSSR count). The Bertz CT molecular complexity index is 944. The molecule has 142 valence electrons. The van der Waals surface area contributed by atoms with Gasteiger partial charge in [0.1, 0.15) is 12.4 Å². The quantitative estimate of drug-likeness (QED) is 0.287. The molecule has 28 heavy (non-hydrogen) atoms. The van der Waals surface area contributed by atoms with E-state index < -0.39 is 0 Å². The summed E-state index contributed by atoms with van der Waals surface area (Å²) in [7, 11) is 0. The van der Waals surface area contributed by atoms with Gasteiger partial charge >= 0.3 is 0 Å². The van der Waals surface area contributed by atoms with E-state index >= 15 is 0 Å². The van der Waals surface area contributed by atoms with Gasteiger partial charge in [0, 0.05) is 10.2 Å². The third-order valence-corrected chi connectivity index (χ3v) is 5.15. The van der Waals surface area contributed by atoms with Crippen LogP contribution < -0.4 is 10.5 Å². The van der Waals surface area contributed by atoms with Gasteiger partial charge in [0.2, 0.25) is 0 Å². The van der Waals surface area contributed by atoms with Crippen molar-refractivity contribution in [2.24, 2.45) is 15.9 Å². The van der Waals surface area contributed by atoms with Crippen LogP contribution in [0.1, 0.15) is 16.7 Å². The highest BCUT2D eigenvalue weighted by Gasteiger charge is 1.99. The van der Waals surface area contributed by atoms with Crippen molar-refractivity contribution in [3.63, 3.8) is 0 Å². The summed E-state index contributed by atoms with van der Waals surface area (Å²) in [6.45, 7) is 0.509. The van der Waals surface area contributed by atoms with Gasteiger partial charge in [-0.25, -0.2) is 0 Å². The molecule has 0 aromatic heterocycles. The summed E-state index contributed by atoms with van der Waals surface area (Å²) in [5.41, 5.74) is 9.12. The summed E-state index contributed by atoms with van der Waals surface area (Å²) in [4.78, 5) is 0. The van der Waals surface area contributed by atoms with E-state index in [1.54, 1.807) is 6.21 Å². The van der Waals surface area contributed by atoms with Gasteiger partial charge in [0.05, 0.1) is 6.21 Å². The number of halogens is 1. The van der Waals surface area contributed by atoms with E-state index in [0.29, 0.717) is 11.8 Å². The smallest absolute Gasteiger partial charge is 0.180 e. The van der Waals surface area contributed by atoms with E-state index in [2.05, 4.69) is 38.3 Å². The van der Waals surface area contributed by atoms with Crippen LogP contribution in [0.2, 0.25) is 0 Å². The molecule has 0 aliphatic carbocycles. The van der Waals surface area contributed by atoms with Crippen molar-refractivity contribution in [3.8, 4) is 5.75 Å². The average Bonchev–Trinajstić information content (AvgIpc) is 2.73. The number of rotatable bonds is 7. The van der Waals surface area contributed by atoms with Crippen LogP contribution in [0.4, 0.5) is 0 Å². The monoisotopic (exact) mass is 453 g/mol. The van der Waals surface area contributed by atoms with Crippen LogP contribution in [-0.4, -0.2) is 11.4 Å². The van der Waals surface area contributed by atoms with Crippen LogP contribution in [0.3, 0.4) is 0 Å². The molecular weight excluding hydrogens is 434 g/mol. The second kappa shape index (κ2) is 10.7. The van der Waals surface area contributed by atoms with Crippen molar-refractivity contribution in [1.29, 1.82) is 0 Å². The zero-order valence-corrected chi connectivity index (χ0v) is 17.6. The first-order chi connectivity index (χ1) is 13.7. The first-order valence-electron chi connectivity index (χ1n) is 8.69. The Morgan fingerprint density at radius 3 is 2.54 bits per heavy atom. The predicted octanol–water partition coefficient (Wildman–Crippen LogP) is 5.61. The molecule has 0 amide bonds. The number of ether oxygens (including phenoxy) is 1. The van der Waals surface area contributed by atoms with Gasteiger partial charge in [0.25, 0.3) is 0 Å². The lowest BCUT2D eigenvalue weighted by atomic mass is 10.2. The van der Waals surface area contributed by atoms with Crippen LogP contribution in [0.25, 0.3) is 0 Å². The Labute approximate surface area is 177 Å². The van der Waals surface area contributed by atoms with E-state index in [1.165, 1.54) is 17.3 Å². The standard InChI is InChI=1S/C22H20BrN3OS/c23-20-11-9-17(10-12-20)15-27-21-8-4-7-19(13-21)14-25-26-22(24)28-16-18-5-2-1-3-6-18/h1-14H,15-16H2,(H2,24,26). The van der Waals surface area contributed by atoms with Crippen LogP contribution in [0.15, 0.2) is 93.5 Å². The molecule has 0 fully saturated rings. The van der Waals surface area contributed by atoms with Crippen molar-refractivity contribution in [1.82, 2.24) is 0 Å². The number of nitrogens with zero attached hydrogens (tertiary/aromatic N) is 2. The highest BCUT2D eigenvalue weighted by atomic mass is 79.9. The van der Waals surface area contributed by atoms with Crippen LogP contribution in [0, 0.1) is 0 Å². The lowest BCUT2D eigenvalue weighted by Crippen LogP contribution is -2.06. The Kier molecular flexibility index (Phi) is 7.70. The zero-order chi connectivity index (χ0) is 19.6. The molecule has 0 saturated carbocycles. The molecule has 0 aliphatic heterocycles. The van der Waals surface area contributed by atoms with Crippen LogP contribution >= 0.6 is 27.7 Å². The second-order valence-electron chi connectivity index (χ2n) is 5.94. The molecule has 6 heteroatoms. The first-order valence-corrected chi connectivity index (χ1v) is 10.5. The Morgan fingerprint density at radius 1 is 0.964 bits per heavy atom. The molecule has 0 unspecified atom stereocenters. The highest BCUT2D eigenvalue weighted by Crippen LogP contribution is 2.16. The molecule has 3 aromatic carbocycles. The lowest BCUT2D eigenvalue weighted by Gasteiger charge is -2.07. The third-order valence-electron chi connectivity index (χ3n) is 3.77. The van der Waals surface area contributed by atoms with Gasteiger partial charge in [-0.3, -0.25) is 0 Å². The van der Waals surface area contributed by atoms with Gasteiger partial charge in [-0.15, -0.1) is 5.10 Å². The molecule has 0 bridgehead atoms. The molecule has 0 heterocycles. The summed E-state index contributed by atoms with van der Waals surface area (Å²) in [6.07, 6.45) is 1.67. The first kappa shape index (κ1) is 20.2. The van der Waals surface area contributed by atoms with Gasteiger partial charge in [-0.05, 0) is 41.0 Å². The number of hydrogen-bond donors (Lipinski definition) is 1. The van der Waals surface area contributed by atoms with E-state index in [0.717, 1.165) is 27.1 Å². The molecule has 3 aromatic rings. The van der Waals surface area contributed by atoms with E-state index in [9.17, 15) is 0 Å². The number of benzene rings is 3. The molecule has 4 nitrogen and oxygen atoms in total. The van der Waals surface area contributed by atoms with E-state index in [4.69, 9.17) is 10.5 Å². The van der Waals surface area contributed by atoms with Crippen molar-refractivity contribution >= 4 is 39.1 Å². The lowest BCUT2D eigenvalue weighted by molar-refractivity contribution is 0.306. The van der Waals surface area contributed by atoms with Crippen molar-refractivity contribution < 1.29 is 4.74 Å². The molecule has 0 radical (unpaired) electrons. The normalized spacial score (nSPS) is 11.7. The van der Waals surface area contributed by atoms with Gasteiger partial charge in [-0.2, -0.15) is 5.10 Å². The third kappa shape index (κ3) is 6.87. The van der Waals surface area contributed by atoms with Crippen LogP contribution in [0.5, 0.6) is 5.75 Å². The van der Waals surface area contributed by atoms with Crippen LogP contribution in [-0.2, 0) is 12.4 Å². The predicted molar refractivity (Wildman–Crippen MR) is 122 cm³/mol. The fourth-order valence-electron chi connectivity index (χ4n) is 2.34. The van der Waals surface area contributed by atoms with Crippen molar-refractivity contribution in [3.05, 3.63) is 100 Å². The van der Waals surface area contributed by atoms with Gasteiger partial charge < -0.3 is 10.5 Å². The minimum absolute atomic E-state index is 0.433. The molecule has 0 spiro atoms. The largest absolute Gasteiger partial charge is 0.489 e. The summed E-state index contributed by atoms with van der Waals surface area (Å²) >= 11 is 4.89. The maximum Gasteiger partial charge on any atom is 0.180 e. The van der Waals surface area contributed by atoms with Crippen molar-refractivity contribution in [2.75, 3.05) is 0 Å². The minimum Gasteiger partial charge on any atom is -0.489 e. The molecule has 0 atom stereocenters. The maximum atomic E-state index is 5.91. The molecule has 0 aliphatic rings. The van der Waals surface area contributed by atoms with E-state index in [-0.39, 0.29) is 0 Å². The summed E-state index contributed by atoms with van der Waals surface area (Å²) < 4.78 is 6.90. The second-order valence-corrected chi connectivity index (χ2v) is 7.86. The summed E-state index contributed by atoms with van der Waals surface area (Å²) in [6, 6.07) is 25.9. The highest BCUT2D eigenvalue weighted by molar-refractivity contribution is 9.10. The number of thioether (sulfide) groups is 1. The SMILES string of the molecule is NC(=NN=Cc1cccc(OCc2ccc(Br)cc2)c1)SCc1ccccc1. The summed E-state index contributed by atoms with van der Waals surface area (Å²) in [5, 5.41) is 8.56. The maximum absolute atomic E-state index is 5.91. The Hall–Kier alpha value is -2.57. The zero-order valence-electron chi connectivity index (χ0n) is 15.2. The number of amidine groups is 1.